The largest absolute Gasteiger partial charge is 0.480 e. The monoisotopic (exact) mass is 347 g/mol. The molecule has 24 heavy (non-hydrogen) atoms. The summed E-state index contributed by atoms with van der Waals surface area (Å²) in [5.74, 6) is 0.801. The number of hydrogen-bond acceptors (Lipinski definition) is 7. The van der Waals surface area contributed by atoms with E-state index < -0.39 is 5.91 Å². The maximum atomic E-state index is 11.5. The van der Waals surface area contributed by atoms with E-state index in [1.54, 1.807) is 19.2 Å². The fourth-order valence-corrected chi connectivity index (χ4v) is 2.35. The molecule has 3 aromatic heterocycles. The molecule has 0 saturated carbocycles. The van der Waals surface area contributed by atoms with E-state index in [0.29, 0.717) is 33.9 Å². The Morgan fingerprint density at radius 3 is 2.83 bits per heavy atom. The first-order valence-corrected chi connectivity index (χ1v) is 7.24. The van der Waals surface area contributed by atoms with Gasteiger partial charge in [0, 0.05) is 19.3 Å². The number of anilines is 3. The third-order valence-electron chi connectivity index (χ3n) is 3.27. The Bertz CT molecular complexity index is 925. The molecule has 0 aliphatic heterocycles. The second-order valence-corrected chi connectivity index (χ2v) is 5.21. The topological polar surface area (TPSA) is 119 Å². The average molecular weight is 348 g/mol. The van der Waals surface area contributed by atoms with Crippen molar-refractivity contribution >= 4 is 40.5 Å². The van der Waals surface area contributed by atoms with Gasteiger partial charge in [0.15, 0.2) is 5.65 Å². The molecule has 0 saturated heterocycles. The van der Waals surface area contributed by atoms with Crippen molar-refractivity contribution in [3.8, 4) is 5.88 Å². The Kier molecular flexibility index (Phi) is 4.09. The van der Waals surface area contributed by atoms with Crippen molar-refractivity contribution in [1.29, 1.82) is 0 Å². The van der Waals surface area contributed by atoms with Gasteiger partial charge in [-0.15, -0.1) is 0 Å². The zero-order valence-corrected chi connectivity index (χ0v) is 13.6. The van der Waals surface area contributed by atoms with Crippen molar-refractivity contribution in [2.24, 2.45) is 5.73 Å². The lowest BCUT2D eigenvalue weighted by atomic mass is 10.3. The van der Waals surface area contributed by atoms with Crippen molar-refractivity contribution in [2.75, 3.05) is 24.8 Å². The van der Waals surface area contributed by atoms with Crippen LogP contribution in [0.2, 0.25) is 5.02 Å². The van der Waals surface area contributed by atoms with Gasteiger partial charge in [-0.25, -0.2) is 9.97 Å². The minimum absolute atomic E-state index is 0.214. The van der Waals surface area contributed by atoms with Crippen LogP contribution >= 0.6 is 11.6 Å². The zero-order valence-electron chi connectivity index (χ0n) is 12.9. The molecular formula is C14H14ClN7O2. The highest BCUT2D eigenvalue weighted by atomic mass is 35.5. The normalized spacial score (nSPS) is 10.6. The average Bonchev–Trinajstić information content (AvgIpc) is 2.98. The van der Waals surface area contributed by atoms with Gasteiger partial charge in [-0.2, -0.15) is 9.61 Å². The lowest BCUT2D eigenvalue weighted by Crippen LogP contribution is -2.12. The standard InChI is InChI=1S/C14H14ClN7O2/c1-17-11-4-10(20-9-3-7(15)5-18-14(9)24-2)21-13-8(12(16)23)6-19-22(11)13/h3-6,17H,1-2H3,(H2,16,23)(H,20,21). The van der Waals surface area contributed by atoms with Crippen LogP contribution in [0.3, 0.4) is 0 Å². The number of pyridine rings is 1. The summed E-state index contributed by atoms with van der Waals surface area (Å²) in [6, 6.07) is 3.37. The first-order chi connectivity index (χ1) is 11.5. The van der Waals surface area contributed by atoms with Crippen molar-refractivity contribution < 1.29 is 9.53 Å². The number of nitrogens with two attached hydrogens (primary N) is 1. The SMILES string of the molecule is CNc1cc(Nc2cc(Cl)cnc2OC)nc2c(C(N)=O)cnn12. The molecule has 9 nitrogen and oxygen atoms in total. The van der Waals surface area contributed by atoms with Gasteiger partial charge in [0.25, 0.3) is 5.91 Å². The number of nitrogens with zero attached hydrogens (tertiary/aromatic N) is 4. The van der Waals surface area contributed by atoms with E-state index in [2.05, 4.69) is 25.7 Å². The maximum Gasteiger partial charge on any atom is 0.254 e. The molecule has 3 aromatic rings. The molecule has 3 rings (SSSR count). The molecular weight excluding hydrogens is 334 g/mol. The van der Waals surface area contributed by atoms with E-state index in [9.17, 15) is 4.79 Å². The Morgan fingerprint density at radius 2 is 2.17 bits per heavy atom. The summed E-state index contributed by atoms with van der Waals surface area (Å²) in [6.45, 7) is 0. The number of nitrogens with one attached hydrogen (secondary N) is 2. The number of aromatic nitrogens is 4. The zero-order chi connectivity index (χ0) is 17.3. The number of carbonyl (C=O) groups excluding carboxylic acids is 1. The van der Waals surface area contributed by atoms with Gasteiger partial charge >= 0.3 is 0 Å². The second kappa shape index (κ2) is 6.20. The van der Waals surface area contributed by atoms with E-state index >= 15 is 0 Å². The summed E-state index contributed by atoms with van der Waals surface area (Å²) in [6.07, 6.45) is 2.85. The maximum absolute atomic E-state index is 11.5. The third kappa shape index (κ3) is 2.76. The Hall–Kier alpha value is -3.07. The minimum Gasteiger partial charge on any atom is -0.480 e. The fraction of sp³-hybridized carbons (Fsp3) is 0.143. The highest BCUT2D eigenvalue weighted by Gasteiger charge is 2.15. The van der Waals surface area contributed by atoms with Crippen LogP contribution in [-0.2, 0) is 0 Å². The molecule has 124 valence electrons. The smallest absolute Gasteiger partial charge is 0.254 e. The lowest BCUT2D eigenvalue weighted by molar-refractivity contribution is 0.100. The molecule has 0 atom stereocenters. The quantitative estimate of drug-likeness (QED) is 0.642. The molecule has 3 heterocycles. The van der Waals surface area contributed by atoms with E-state index in [0.717, 1.165) is 0 Å². The summed E-state index contributed by atoms with van der Waals surface area (Å²) >= 11 is 5.98. The predicted octanol–water partition coefficient (Wildman–Crippen LogP) is 1.67. The summed E-state index contributed by atoms with van der Waals surface area (Å²) in [5, 5.41) is 10.6. The number of fused-ring (bicyclic) bond motifs is 1. The summed E-state index contributed by atoms with van der Waals surface area (Å²) in [4.78, 5) is 20.0. The van der Waals surface area contributed by atoms with Gasteiger partial charge in [0.1, 0.15) is 22.9 Å². The van der Waals surface area contributed by atoms with Crippen LogP contribution in [0.4, 0.5) is 17.3 Å². The van der Waals surface area contributed by atoms with Crippen LogP contribution in [0.1, 0.15) is 10.4 Å². The van der Waals surface area contributed by atoms with E-state index in [4.69, 9.17) is 22.1 Å². The van der Waals surface area contributed by atoms with Gasteiger partial charge in [-0.3, -0.25) is 4.79 Å². The Balaban J connectivity index is 2.11. The van der Waals surface area contributed by atoms with Crippen molar-refractivity contribution in [3.63, 3.8) is 0 Å². The number of methoxy groups -OCH3 is 1. The molecule has 0 aliphatic rings. The fourth-order valence-electron chi connectivity index (χ4n) is 2.20. The number of hydrogen-bond donors (Lipinski definition) is 3. The Morgan fingerprint density at radius 1 is 1.38 bits per heavy atom. The lowest BCUT2D eigenvalue weighted by Gasteiger charge is -2.12. The van der Waals surface area contributed by atoms with Crippen molar-refractivity contribution in [3.05, 3.63) is 35.1 Å². The molecule has 4 N–H and O–H groups in total. The molecule has 1 amide bonds. The van der Waals surface area contributed by atoms with Crippen molar-refractivity contribution in [2.45, 2.75) is 0 Å². The van der Waals surface area contributed by atoms with Crippen LogP contribution in [0.25, 0.3) is 5.65 Å². The van der Waals surface area contributed by atoms with Gasteiger partial charge in [0.2, 0.25) is 5.88 Å². The number of primary amides is 1. The van der Waals surface area contributed by atoms with Crippen LogP contribution in [0.5, 0.6) is 5.88 Å². The number of ether oxygens (including phenoxy) is 1. The predicted molar refractivity (Wildman–Crippen MR) is 90.1 cm³/mol. The number of halogens is 1. The molecule has 0 radical (unpaired) electrons. The van der Waals surface area contributed by atoms with E-state index in [1.807, 2.05) is 0 Å². The molecule has 0 spiro atoms. The molecule has 0 aromatic carbocycles. The molecule has 0 aliphatic carbocycles. The van der Waals surface area contributed by atoms with Crippen LogP contribution in [0.15, 0.2) is 24.5 Å². The first-order valence-electron chi connectivity index (χ1n) is 6.86. The minimum atomic E-state index is -0.612. The summed E-state index contributed by atoms with van der Waals surface area (Å²) < 4.78 is 6.68. The van der Waals surface area contributed by atoms with Gasteiger partial charge in [-0.1, -0.05) is 11.6 Å². The second-order valence-electron chi connectivity index (χ2n) is 4.77. The molecule has 10 heteroatoms. The number of amides is 1. The summed E-state index contributed by atoms with van der Waals surface area (Å²) in [5.41, 5.74) is 6.43. The highest BCUT2D eigenvalue weighted by molar-refractivity contribution is 6.30. The first kappa shape index (κ1) is 15.8. The van der Waals surface area contributed by atoms with Gasteiger partial charge in [0.05, 0.1) is 18.3 Å². The highest BCUT2D eigenvalue weighted by Crippen LogP contribution is 2.29. The van der Waals surface area contributed by atoms with E-state index in [1.165, 1.54) is 24.0 Å². The van der Waals surface area contributed by atoms with Gasteiger partial charge in [-0.05, 0) is 6.07 Å². The molecule has 0 fully saturated rings. The van der Waals surface area contributed by atoms with Crippen LogP contribution < -0.4 is 21.1 Å². The van der Waals surface area contributed by atoms with Crippen LogP contribution in [0, 0.1) is 0 Å². The van der Waals surface area contributed by atoms with E-state index in [-0.39, 0.29) is 5.56 Å². The van der Waals surface area contributed by atoms with Crippen LogP contribution in [-0.4, -0.2) is 39.6 Å². The number of rotatable bonds is 5. The van der Waals surface area contributed by atoms with Crippen molar-refractivity contribution in [1.82, 2.24) is 19.6 Å². The Labute approximate surface area is 141 Å². The molecule has 0 bridgehead atoms. The van der Waals surface area contributed by atoms with Gasteiger partial charge < -0.3 is 21.1 Å². The number of carbonyl (C=O) groups is 1. The third-order valence-corrected chi connectivity index (χ3v) is 3.47. The summed E-state index contributed by atoms with van der Waals surface area (Å²) in [7, 11) is 3.23. The molecule has 0 unspecified atom stereocenters.